The molecule has 0 aliphatic carbocycles. The van der Waals surface area contributed by atoms with E-state index in [0.29, 0.717) is 6.42 Å². The summed E-state index contributed by atoms with van der Waals surface area (Å²) < 4.78 is 0. The zero-order valence-corrected chi connectivity index (χ0v) is 22.1. The first-order chi connectivity index (χ1) is 18.3. The largest absolute Gasteiger partial charge is 0.481 e. The number of carbonyl (C=O) groups excluding carboxylic acids is 3. The number of amides is 3. The number of carbonyl (C=O) groups is 5. The van der Waals surface area contributed by atoms with Crippen LogP contribution in [-0.4, -0.2) is 76.5 Å². The van der Waals surface area contributed by atoms with Crippen LogP contribution in [0.2, 0.25) is 0 Å². The molecule has 0 aromatic heterocycles. The molecule has 0 radical (unpaired) electrons. The van der Waals surface area contributed by atoms with Crippen molar-refractivity contribution < 1.29 is 34.2 Å². The van der Waals surface area contributed by atoms with Gasteiger partial charge in [0, 0.05) is 13.0 Å². The van der Waals surface area contributed by atoms with Gasteiger partial charge in [-0.15, -0.1) is 0 Å². The van der Waals surface area contributed by atoms with Crippen molar-refractivity contribution in [2.45, 2.75) is 70.1 Å². The van der Waals surface area contributed by atoms with Crippen molar-refractivity contribution in [3.05, 3.63) is 35.9 Å². The Morgan fingerprint density at radius 1 is 0.872 bits per heavy atom. The first-order valence-corrected chi connectivity index (χ1v) is 12.5. The van der Waals surface area contributed by atoms with Crippen LogP contribution in [0.3, 0.4) is 0 Å². The minimum absolute atomic E-state index is 0.0785. The fourth-order valence-electron chi connectivity index (χ4n) is 3.61. The molecule has 39 heavy (non-hydrogen) atoms. The van der Waals surface area contributed by atoms with Crippen LogP contribution in [0.15, 0.2) is 35.3 Å². The van der Waals surface area contributed by atoms with Gasteiger partial charge < -0.3 is 43.4 Å². The van der Waals surface area contributed by atoms with E-state index in [1.807, 2.05) is 0 Å². The maximum Gasteiger partial charge on any atom is 0.326 e. The van der Waals surface area contributed by atoms with E-state index in [0.717, 1.165) is 5.56 Å². The number of rotatable bonds is 17. The fraction of sp³-hybridized carbons (Fsp3) is 0.520. The van der Waals surface area contributed by atoms with Gasteiger partial charge in [0.25, 0.3) is 0 Å². The number of benzene rings is 1. The Hall–Kier alpha value is -4.20. The van der Waals surface area contributed by atoms with Crippen LogP contribution in [0.25, 0.3) is 0 Å². The molecule has 216 valence electrons. The standard InChI is InChI=1S/C25H39N7O7/c1-14(2)11-17(22(36)32-19(24(38)39)13-20(33)34)31-23(37)18(12-15-7-4-3-5-8-15)30-21(35)16(26)9-6-10-29-25(27)28/h3-5,7-8,14,16-19H,6,9-13,26H2,1-2H3,(H,30,35)(H,31,37)(H,32,36)(H,33,34)(H,38,39)(H4,27,28,29). The minimum atomic E-state index is -1.68. The fourth-order valence-corrected chi connectivity index (χ4v) is 3.61. The molecule has 14 nitrogen and oxygen atoms in total. The number of nitrogens with one attached hydrogen (secondary N) is 3. The minimum Gasteiger partial charge on any atom is -0.481 e. The average molecular weight is 550 g/mol. The summed E-state index contributed by atoms with van der Waals surface area (Å²) in [6, 6.07) is 3.94. The molecular formula is C25H39N7O7. The Bertz CT molecular complexity index is 1010. The van der Waals surface area contributed by atoms with Crippen molar-refractivity contribution in [3.63, 3.8) is 0 Å². The Morgan fingerprint density at radius 2 is 1.44 bits per heavy atom. The molecule has 0 fully saturated rings. The van der Waals surface area contributed by atoms with E-state index >= 15 is 0 Å². The van der Waals surface area contributed by atoms with Crippen molar-refractivity contribution in [1.82, 2.24) is 16.0 Å². The number of aliphatic carboxylic acids is 2. The molecule has 1 aromatic carbocycles. The number of hydrogen-bond acceptors (Lipinski definition) is 7. The molecule has 0 saturated carbocycles. The summed E-state index contributed by atoms with van der Waals surface area (Å²) in [6.45, 7) is 3.87. The average Bonchev–Trinajstić information content (AvgIpc) is 2.84. The predicted octanol–water partition coefficient (Wildman–Crippen LogP) is -1.33. The van der Waals surface area contributed by atoms with Gasteiger partial charge in [-0.3, -0.25) is 24.2 Å². The Labute approximate surface area is 226 Å². The Morgan fingerprint density at radius 3 is 1.97 bits per heavy atom. The van der Waals surface area contributed by atoms with Gasteiger partial charge in [0.1, 0.15) is 18.1 Å². The highest BCUT2D eigenvalue weighted by atomic mass is 16.4. The van der Waals surface area contributed by atoms with Gasteiger partial charge in [0.05, 0.1) is 12.5 Å². The molecule has 4 atom stereocenters. The molecule has 0 heterocycles. The Kier molecular flexibility index (Phi) is 14.0. The third-order valence-electron chi connectivity index (χ3n) is 5.55. The maximum atomic E-state index is 13.3. The van der Waals surface area contributed by atoms with E-state index in [1.165, 1.54) is 0 Å². The van der Waals surface area contributed by atoms with Crippen LogP contribution in [0.5, 0.6) is 0 Å². The summed E-state index contributed by atoms with van der Waals surface area (Å²) >= 11 is 0. The van der Waals surface area contributed by atoms with Crippen molar-refractivity contribution in [3.8, 4) is 0 Å². The number of carboxylic acid groups (broad SMARTS) is 2. The molecule has 11 N–H and O–H groups in total. The van der Waals surface area contributed by atoms with E-state index in [1.54, 1.807) is 44.2 Å². The second-order valence-electron chi connectivity index (χ2n) is 9.49. The summed E-state index contributed by atoms with van der Waals surface area (Å²) in [5.74, 6) is -5.24. The lowest BCUT2D eigenvalue weighted by molar-refractivity contribution is -0.147. The SMILES string of the molecule is CC(C)CC(NC(=O)C(Cc1ccccc1)NC(=O)C(N)CCCN=C(N)N)C(=O)NC(CC(=O)O)C(=O)O. The van der Waals surface area contributed by atoms with E-state index in [-0.39, 0.29) is 37.7 Å². The molecule has 4 unspecified atom stereocenters. The third kappa shape index (κ3) is 13.2. The molecule has 1 rings (SSSR count). The van der Waals surface area contributed by atoms with Gasteiger partial charge in [0.15, 0.2) is 5.96 Å². The molecule has 3 amide bonds. The van der Waals surface area contributed by atoms with E-state index in [4.69, 9.17) is 22.3 Å². The van der Waals surface area contributed by atoms with Crippen LogP contribution in [0.4, 0.5) is 0 Å². The lowest BCUT2D eigenvalue weighted by Crippen LogP contribution is -2.58. The monoisotopic (exact) mass is 549 g/mol. The summed E-state index contributed by atoms with van der Waals surface area (Å²) in [7, 11) is 0. The second kappa shape index (κ2) is 16.6. The van der Waals surface area contributed by atoms with Gasteiger partial charge in [-0.1, -0.05) is 44.2 Å². The highest BCUT2D eigenvalue weighted by molar-refractivity contribution is 5.94. The number of guanidine groups is 1. The second-order valence-corrected chi connectivity index (χ2v) is 9.49. The number of aliphatic imine (C=N–C) groups is 1. The summed E-state index contributed by atoms with van der Waals surface area (Å²) in [5.41, 5.74) is 17.3. The zero-order chi connectivity index (χ0) is 29.5. The maximum absolute atomic E-state index is 13.3. The topological polar surface area (TPSA) is 252 Å². The van der Waals surface area contributed by atoms with Crippen LogP contribution in [0, 0.1) is 5.92 Å². The number of carboxylic acids is 2. The molecular weight excluding hydrogens is 510 g/mol. The van der Waals surface area contributed by atoms with Crippen molar-refractivity contribution >= 4 is 35.6 Å². The molecule has 0 saturated heterocycles. The summed E-state index contributed by atoms with van der Waals surface area (Å²) in [4.78, 5) is 65.3. The van der Waals surface area contributed by atoms with Gasteiger partial charge in [0.2, 0.25) is 17.7 Å². The van der Waals surface area contributed by atoms with Crippen molar-refractivity contribution in [2.24, 2.45) is 28.1 Å². The molecule has 0 bridgehead atoms. The molecule has 14 heteroatoms. The third-order valence-corrected chi connectivity index (χ3v) is 5.55. The first-order valence-electron chi connectivity index (χ1n) is 12.5. The van der Waals surface area contributed by atoms with Crippen LogP contribution in [-0.2, 0) is 30.4 Å². The first kappa shape index (κ1) is 32.8. The quantitative estimate of drug-likeness (QED) is 0.0645. The predicted molar refractivity (Wildman–Crippen MR) is 143 cm³/mol. The number of nitrogens with zero attached hydrogens (tertiary/aromatic N) is 1. The van der Waals surface area contributed by atoms with Crippen molar-refractivity contribution in [1.29, 1.82) is 0 Å². The molecule has 0 aliphatic rings. The van der Waals surface area contributed by atoms with E-state index < -0.39 is 60.2 Å². The van der Waals surface area contributed by atoms with Gasteiger partial charge in [-0.05, 0) is 30.7 Å². The van der Waals surface area contributed by atoms with E-state index in [2.05, 4.69) is 20.9 Å². The van der Waals surface area contributed by atoms with Crippen LogP contribution >= 0.6 is 0 Å². The van der Waals surface area contributed by atoms with Gasteiger partial charge >= 0.3 is 11.9 Å². The molecule has 1 aromatic rings. The van der Waals surface area contributed by atoms with Crippen LogP contribution < -0.4 is 33.2 Å². The lowest BCUT2D eigenvalue weighted by atomic mass is 10.00. The zero-order valence-electron chi connectivity index (χ0n) is 22.1. The van der Waals surface area contributed by atoms with E-state index in [9.17, 15) is 29.1 Å². The van der Waals surface area contributed by atoms with Crippen molar-refractivity contribution in [2.75, 3.05) is 6.54 Å². The Balaban J connectivity index is 3.06. The highest BCUT2D eigenvalue weighted by Gasteiger charge is 2.31. The van der Waals surface area contributed by atoms with Crippen LogP contribution in [0.1, 0.15) is 45.1 Å². The number of nitrogens with two attached hydrogens (primary N) is 3. The smallest absolute Gasteiger partial charge is 0.326 e. The van der Waals surface area contributed by atoms with Gasteiger partial charge in [-0.2, -0.15) is 0 Å². The number of hydrogen-bond donors (Lipinski definition) is 8. The normalized spacial score (nSPS) is 13.8. The molecule has 0 spiro atoms. The lowest BCUT2D eigenvalue weighted by Gasteiger charge is -2.26. The summed E-state index contributed by atoms with van der Waals surface area (Å²) in [5, 5.41) is 25.6. The summed E-state index contributed by atoms with van der Waals surface area (Å²) in [6.07, 6.45) is 0.0664. The van der Waals surface area contributed by atoms with Gasteiger partial charge in [-0.25, -0.2) is 4.79 Å². The molecule has 0 aliphatic heterocycles. The highest BCUT2D eigenvalue weighted by Crippen LogP contribution is 2.09.